The van der Waals surface area contributed by atoms with Crippen LogP contribution in [0.2, 0.25) is 0 Å². The van der Waals surface area contributed by atoms with Gasteiger partial charge in [-0.1, -0.05) is 60.1 Å². The number of carboxylic acids is 1. The molecule has 0 unspecified atom stereocenters. The first kappa shape index (κ1) is 56.2. The summed E-state index contributed by atoms with van der Waals surface area (Å²) >= 11 is 0. The van der Waals surface area contributed by atoms with E-state index in [1.165, 1.54) is 5.57 Å². The summed E-state index contributed by atoms with van der Waals surface area (Å²) < 4.78 is 48.7. The third-order valence-electron chi connectivity index (χ3n) is 20.8. The summed E-state index contributed by atoms with van der Waals surface area (Å²) in [6.07, 6.45) is -17.2. The van der Waals surface area contributed by atoms with Gasteiger partial charge in [0.25, 0.3) is 0 Å². The van der Waals surface area contributed by atoms with Crippen molar-refractivity contribution in [2.24, 2.45) is 50.2 Å². The molecule has 73 heavy (non-hydrogen) atoms. The smallest absolute Gasteiger partial charge is 0.310 e. The quantitative estimate of drug-likeness (QED) is 0.0890. The number of hydrogen-bond donors (Lipinski definition) is 12. The van der Waals surface area contributed by atoms with Crippen LogP contribution in [0.25, 0.3) is 0 Å². The molecular formula is C52H84O21. The number of aliphatic carboxylic acids is 1. The van der Waals surface area contributed by atoms with Crippen LogP contribution in [0.15, 0.2) is 11.6 Å². The predicted octanol–water partition coefficient (Wildman–Crippen LogP) is -0.190. The van der Waals surface area contributed by atoms with Gasteiger partial charge in [-0.25, -0.2) is 0 Å². The maximum Gasteiger partial charge on any atom is 0.310 e. The average molecular weight is 1050 g/mol. The largest absolute Gasteiger partial charge is 0.481 e. The molecule has 9 aliphatic rings. The minimum atomic E-state index is -2.12. The molecule has 21 heteroatoms. The van der Waals surface area contributed by atoms with E-state index in [2.05, 4.69) is 54.5 Å². The summed E-state index contributed by atoms with van der Waals surface area (Å²) in [5, 5.41) is 129. The second-order valence-electron chi connectivity index (χ2n) is 25.5. The highest BCUT2D eigenvalue weighted by Gasteiger charge is 2.70. The van der Waals surface area contributed by atoms with Crippen molar-refractivity contribution in [3.63, 3.8) is 0 Å². The number of carboxylic acid groups (broad SMARTS) is 1. The van der Waals surface area contributed by atoms with Crippen LogP contribution in [-0.4, -0.2) is 210 Å². The third-order valence-corrected chi connectivity index (χ3v) is 20.8. The summed E-state index contributed by atoms with van der Waals surface area (Å²) in [6, 6.07) is 0. The van der Waals surface area contributed by atoms with Gasteiger partial charge in [0.05, 0.1) is 44.6 Å². The zero-order valence-electron chi connectivity index (χ0n) is 43.3. The fourth-order valence-corrected chi connectivity index (χ4v) is 16.1. The van der Waals surface area contributed by atoms with E-state index in [0.29, 0.717) is 19.3 Å². The highest BCUT2D eigenvalue weighted by Crippen LogP contribution is 2.76. The van der Waals surface area contributed by atoms with Crippen molar-refractivity contribution >= 4 is 5.97 Å². The molecular weight excluding hydrogens is 961 g/mol. The Bertz CT molecular complexity index is 2020. The van der Waals surface area contributed by atoms with E-state index in [0.717, 1.165) is 44.9 Å². The normalized spacial score (nSPS) is 53.5. The molecule has 0 spiro atoms. The van der Waals surface area contributed by atoms with Crippen LogP contribution in [0.5, 0.6) is 0 Å². The molecule has 0 amide bonds. The lowest BCUT2D eigenvalue weighted by molar-refractivity contribution is -0.393. The molecule has 4 heterocycles. The van der Waals surface area contributed by atoms with Gasteiger partial charge in [-0.15, -0.1) is 0 Å². The molecule has 9 rings (SSSR count). The third kappa shape index (κ3) is 9.01. The molecule has 0 radical (unpaired) electrons. The van der Waals surface area contributed by atoms with Crippen molar-refractivity contribution in [1.29, 1.82) is 0 Å². The van der Waals surface area contributed by atoms with Crippen LogP contribution in [0, 0.1) is 50.2 Å². The van der Waals surface area contributed by atoms with Gasteiger partial charge in [0.15, 0.2) is 25.2 Å². The van der Waals surface area contributed by atoms with Gasteiger partial charge in [-0.2, -0.15) is 0 Å². The Hall–Kier alpha value is -1.55. The molecule has 0 aromatic heterocycles. The number of aliphatic hydroxyl groups is 11. The number of carbonyl (C=O) groups is 1. The second-order valence-corrected chi connectivity index (χ2v) is 25.5. The molecule has 8 fully saturated rings. The molecule has 4 saturated heterocycles. The van der Waals surface area contributed by atoms with Gasteiger partial charge in [0, 0.05) is 0 Å². The maximum absolute atomic E-state index is 13.2. The maximum atomic E-state index is 13.2. The van der Waals surface area contributed by atoms with E-state index < -0.39 is 160 Å². The van der Waals surface area contributed by atoms with Crippen molar-refractivity contribution in [2.75, 3.05) is 33.0 Å². The SMILES string of the molecule is CC1(C)CC[C@]2(C(=O)O)CC[C@]3(C)C(=CC[C@@H]4[C@@]5(C)CC[C@H](O[C@@H]6OC[C@H](O)[C@H](O[C@@H]7O[C@H](CO)[C@H](O)[C@H](O[C@@H]8OC[C@](O)(CO)[C@H]8O)[C@H]7O)[C@H]6O[C@@H]6O[C@H](CO)[C@@H](O)[C@H](O)[C@H]6O)C(C)(C)[C@H]5CC[C@]43C)[C@@H]2C1. The lowest BCUT2D eigenvalue weighted by Gasteiger charge is -2.71. The van der Waals surface area contributed by atoms with Crippen LogP contribution in [0.4, 0.5) is 0 Å². The molecule has 0 aromatic carbocycles. The summed E-state index contributed by atoms with van der Waals surface area (Å²) in [4.78, 5) is 13.2. The number of ether oxygens (including phenoxy) is 8. The van der Waals surface area contributed by atoms with Crippen molar-refractivity contribution in [1.82, 2.24) is 0 Å². The second kappa shape index (κ2) is 20.0. The molecule has 5 aliphatic carbocycles. The number of aliphatic hydroxyl groups excluding tert-OH is 10. The Morgan fingerprint density at radius 2 is 1.29 bits per heavy atom. The predicted molar refractivity (Wildman–Crippen MR) is 251 cm³/mol. The number of allylic oxidation sites excluding steroid dienone is 2. The highest BCUT2D eigenvalue weighted by molar-refractivity contribution is 5.76. The molecule has 0 aromatic rings. The van der Waals surface area contributed by atoms with Gasteiger partial charge in [0.1, 0.15) is 78.8 Å². The number of fused-ring (bicyclic) bond motifs is 7. The van der Waals surface area contributed by atoms with Crippen molar-refractivity contribution < 1.29 is 104 Å². The number of rotatable bonds is 12. The monoisotopic (exact) mass is 1040 g/mol. The standard InChI is InChI=1S/C52H84O21/c1-46(2)14-16-51(45(63)64)17-15-49(6)24(25(51)18-46)8-9-30-48(5)12-11-31(47(3,4)29(48)10-13-50(30,49)7)70-43-39(73-41-35(60)34(59)32(57)27(19-53)68-41)37(26(56)21-66-43)71-42-36(61)38(33(58)28(20-54)69-42)72-44-40(62)52(65,22-55)23-67-44/h8,25-44,53-62,65H,9-23H2,1-7H3,(H,63,64)/t25-,26-,27+,28+,29+,30+,31-,32+,33-,34-,35+,36+,37-,38-,39+,40-,41-,42-,43-,44-,48-,49+,50+,51-,52+/m0/s1. The molecule has 12 N–H and O–H groups in total. The summed E-state index contributed by atoms with van der Waals surface area (Å²) in [7, 11) is 0. The van der Waals surface area contributed by atoms with Crippen LogP contribution >= 0.6 is 0 Å². The first-order valence-electron chi connectivity index (χ1n) is 26.6. The minimum Gasteiger partial charge on any atom is -0.481 e. The van der Waals surface area contributed by atoms with Crippen LogP contribution < -0.4 is 0 Å². The molecule has 21 nitrogen and oxygen atoms in total. The zero-order valence-corrected chi connectivity index (χ0v) is 43.3. The Balaban J connectivity index is 0.987. The number of hydrogen-bond acceptors (Lipinski definition) is 20. The van der Waals surface area contributed by atoms with Crippen molar-refractivity contribution in [2.45, 2.75) is 223 Å². The Labute approximate surface area is 426 Å². The van der Waals surface area contributed by atoms with E-state index in [1.54, 1.807) is 0 Å². The molecule has 25 atom stereocenters. The van der Waals surface area contributed by atoms with E-state index in [9.17, 15) is 66.1 Å². The highest BCUT2D eigenvalue weighted by atomic mass is 16.8. The first-order chi connectivity index (χ1) is 34.2. The van der Waals surface area contributed by atoms with Crippen LogP contribution in [0.3, 0.4) is 0 Å². The van der Waals surface area contributed by atoms with Gasteiger partial charge in [-0.3, -0.25) is 4.79 Å². The van der Waals surface area contributed by atoms with Gasteiger partial charge >= 0.3 is 5.97 Å². The Kier molecular flexibility index (Phi) is 15.4. The topological polar surface area (TPSA) is 334 Å². The summed E-state index contributed by atoms with van der Waals surface area (Å²) in [5.74, 6) is -0.267. The first-order valence-corrected chi connectivity index (χ1v) is 26.6. The van der Waals surface area contributed by atoms with Crippen molar-refractivity contribution in [3.05, 3.63) is 11.6 Å². The average Bonchev–Trinajstić information content (AvgIpc) is 3.62. The van der Waals surface area contributed by atoms with E-state index >= 15 is 0 Å². The molecule has 418 valence electrons. The minimum absolute atomic E-state index is 0.0161. The van der Waals surface area contributed by atoms with Gasteiger partial charge in [-0.05, 0) is 109 Å². The lowest BCUT2D eigenvalue weighted by Crippen LogP contribution is -2.67. The van der Waals surface area contributed by atoms with Crippen LogP contribution in [-0.2, 0) is 42.7 Å². The molecule has 4 aliphatic heterocycles. The van der Waals surface area contributed by atoms with Crippen LogP contribution in [0.1, 0.15) is 113 Å². The summed E-state index contributed by atoms with van der Waals surface area (Å²) in [5.41, 5.74) is -2.45. The van der Waals surface area contributed by atoms with Gasteiger partial charge < -0.3 is 99.2 Å². The fraction of sp³-hybridized carbons (Fsp3) is 0.942. The van der Waals surface area contributed by atoms with E-state index in [-0.39, 0.29) is 39.4 Å². The molecule has 4 saturated carbocycles. The van der Waals surface area contributed by atoms with E-state index in [1.807, 2.05) is 0 Å². The van der Waals surface area contributed by atoms with Crippen molar-refractivity contribution in [3.8, 4) is 0 Å². The molecule has 0 bridgehead atoms. The fourth-order valence-electron chi connectivity index (χ4n) is 16.1. The Morgan fingerprint density at radius 3 is 1.93 bits per heavy atom. The Morgan fingerprint density at radius 1 is 0.658 bits per heavy atom. The zero-order chi connectivity index (χ0) is 53.2. The van der Waals surface area contributed by atoms with Gasteiger partial charge in [0.2, 0.25) is 0 Å². The lowest BCUT2D eigenvalue weighted by atomic mass is 9.33. The van der Waals surface area contributed by atoms with E-state index in [4.69, 9.17) is 37.9 Å². The summed E-state index contributed by atoms with van der Waals surface area (Å²) in [6.45, 7) is 12.7.